The van der Waals surface area contributed by atoms with E-state index >= 15 is 0 Å². The van der Waals surface area contributed by atoms with Crippen LogP contribution >= 0.6 is 11.3 Å². The van der Waals surface area contributed by atoms with E-state index in [1.165, 1.54) is 48.9 Å². The highest BCUT2D eigenvalue weighted by atomic mass is 32.1. The predicted molar refractivity (Wildman–Crippen MR) is 89.3 cm³/mol. The molecule has 4 aliphatic rings. The second-order valence-corrected chi connectivity index (χ2v) is 8.11. The van der Waals surface area contributed by atoms with Gasteiger partial charge in [0.25, 0.3) is 5.91 Å². The number of nitrogens with zero attached hydrogens (tertiary/aromatic N) is 1. The molecule has 1 aromatic heterocycles. The Kier molecular flexibility index (Phi) is 2.71. The lowest BCUT2D eigenvalue weighted by Crippen LogP contribution is -2.65. The molecule has 4 fully saturated rings. The van der Waals surface area contributed by atoms with Crippen molar-refractivity contribution in [2.45, 2.75) is 37.3 Å². The van der Waals surface area contributed by atoms with Crippen LogP contribution < -0.4 is 5.32 Å². The fourth-order valence-electron chi connectivity index (χ4n) is 4.63. The third-order valence-corrected chi connectivity index (χ3v) is 7.03. The van der Waals surface area contributed by atoms with E-state index in [0.717, 1.165) is 4.88 Å². The summed E-state index contributed by atoms with van der Waals surface area (Å²) in [5.41, 5.74) is 0.313. The Morgan fingerprint density at radius 3 is 2.73 bits per heavy atom. The van der Waals surface area contributed by atoms with Crippen LogP contribution in [0.4, 0.5) is 0 Å². The molecule has 1 atom stereocenters. The minimum Gasteiger partial charge on any atom is -0.346 e. The van der Waals surface area contributed by atoms with Crippen molar-refractivity contribution in [1.82, 2.24) is 10.2 Å². The number of hydrogen-bond donors (Lipinski definition) is 1. The zero-order valence-electron chi connectivity index (χ0n) is 12.5. The Morgan fingerprint density at radius 1 is 1.23 bits per heavy atom. The van der Waals surface area contributed by atoms with E-state index in [4.69, 9.17) is 0 Å². The maximum atomic E-state index is 12.8. The zero-order chi connectivity index (χ0) is 14.7. The first-order valence-corrected chi connectivity index (χ1v) is 9.12. The zero-order valence-corrected chi connectivity index (χ0v) is 13.4. The Labute approximate surface area is 134 Å². The van der Waals surface area contributed by atoms with Gasteiger partial charge in [-0.3, -0.25) is 9.69 Å². The Balaban J connectivity index is 1.42. The molecule has 2 aromatic rings. The van der Waals surface area contributed by atoms with Crippen molar-refractivity contribution in [3.05, 3.63) is 35.2 Å². The highest BCUT2D eigenvalue weighted by Gasteiger charge is 2.60. The molecule has 114 valence electrons. The molecular formula is C18H20N2OS. The molecule has 22 heavy (non-hydrogen) atoms. The molecule has 3 nitrogen and oxygen atoms in total. The third-order valence-electron chi connectivity index (χ3n) is 5.92. The number of benzene rings is 1. The van der Waals surface area contributed by atoms with E-state index in [1.807, 2.05) is 18.2 Å². The summed E-state index contributed by atoms with van der Waals surface area (Å²) >= 11 is 1.61. The van der Waals surface area contributed by atoms with Crippen LogP contribution in [0.5, 0.6) is 0 Å². The van der Waals surface area contributed by atoms with Crippen molar-refractivity contribution in [3.63, 3.8) is 0 Å². The standard InChI is InChI=1S/C18H20N2OS/c21-17(15-11-13-3-1-2-4-14(13)22-15)19-16-12-5-9-20(10-6-12)18(16)7-8-18/h1-4,11-12,16H,5-10H2,(H,19,21). The van der Waals surface area contributed by atoms with E-state index in [9.17, 15) is 4.79 Å². The number of carbonyl (C=O) groups is 1. The van der Waals surface area contributed by atoms with Crippen LogP contribution in [0.1, 0.15) is 35.4 Å². The van der Waals surface area contributed by atoms with Crippen LogP contribution in [0.15, 0.2) is 30.3 Å². The highest BCUT2D eigenvalue weighted by molar-refractivity contribution is 7.20. The van der Waals surface area contributed by atoms with E-state index in [2.05, 4.69) is 22.3 Å². The number of rotatable bonds is 2. The van der Waals surface area contributed by atoms with Gasteiger partial charge in [-0.25, -0.2) is 0 Å². The van der Waals surface area contributed by atoms with Crippen molar-refractivity contribution in [1.29, 1.82) is 0 Å². The van der Waals surface area contributed by atoms with Gasteiger partial charge in [0.1, 0.15) is 0 Å². The van der Waals surface area contributed by atoms with Gasteiger partial charge in [-0.2, -0.15) is 0 Å². The average molecular weight is 312 g/mol. The molecule has 1 aromatic carbocycles. The van der Waals surface area contributed by atoms with E-state index in [1.54, 1.807) is 11.3 Å². The molecule has 4 heteroatoms. The summed E-state index contributed by atoms with van der Waals surface area (Å²) in [6, 6.07) is 10.6. The fraction of sp³-hybridized carbons (Fsp3) is 0.500. The molecule has 3 aliphatic heterocycles. The van der Waals surface area contributed by atoms with Crippen LogP contribution in [0, 0.1) is 5.92 Å². The first kappa shape index (κ1) is 13.1. The topological polar surface area (TPSA) is 32.3 Å². The average Bonchev–Trinajstić information content (AvgIpc) is 3.20. The smallest absolute Gasteiger partial charge is 0.261 e. The molecule has 1 amide bonds. The van der Waals surface area contributed by atoms with Gasteiger partial charge in [-0.15, -0.1) is 11.3 Å². The van der Waals surface area contributed by atoms with Gasteiger partial charge in [-0.1, -0.05) is 18.2 Å². The number of hydrogen-bond acceptors (Lipinski definition) is 3. The summed E-state index contributed by atoms with van der Waals surface area (Å²) in [4.78, 5) is 16.3. The van der Waals surface area contributed by atoms with Gasteiger partial charge in [0.05, 0.1) is 10.9 Å². The molecule has 1 N–H and O–H groups in total. The number of amides is 1. The predicted octanol–water partition coefficient (Wildman–Crippen LogP) is 3.26. The minimum atomic E-state index is 0.131. The lowest BCUT2D eigenvalue weighted by Gasteiger charge is -2.52. The van der Waals surface area contributed by atoms with Crippen LogP contribution in [-0.4, -0.2) is 35.5 Å². The van der Waals surface area contributed by atoms with Crippen LogP contribution in [0.3, 0.4) is 0 Å². The molecule has 1 unspecified atom stereocenters. The second kappa shape index (κ2) is 4.56. The van der Waals surface area contributed by atoms with Crippen molar-refractivity contribution < 1.29 is 4.79 Å². The number of carbonyl (C=O) groups excluding carboxylic acids is 1. The number of nitrogens with one attached hydrogen (secondary N) is 1. The minimum absolute atomic E-state index is 0.131. The van der Waals surface area contributed by atoms with Crippen molar-refractivity contribution >= 4 is 27.3 Å². The fourth-order valence-corrected chi connectivity index (χ4v) is 5.59. The summed E-state index contributed by atoms with van der Waals surface area (Å²) in [5, 5.41) is 4.58. The summed E-state index contributed by atoms with van der Waals surface area (Å²) in [5.74, 6) is 0.817. The molecule has 1 spiro atoms. The number of fused-ring (bicyclic) bond motifs is 3. The maximum absolute atomic E-state index is 12.8. The third kappa shape index (κ3) is 1.80. The first-order valence-electron chi connectivity index (χ1n) is 8.31. The van der Waals surface area contributed by atoms with Gasteiger partial charge in [0.2, 0.25) is 0 Å². The largest absolute Gasteiger partial charge is 0.346 e. The summed E-state index contributed by atoms with van der Waals surface area (Å²) in [6.45, 7) is 2.47. The van der Waals surface area contributed by atoms with Gasteiger partial charge in [0.15, 0.2) is 0 Å². The molecule has 3 saturated heterocycles. The molecule has 6 rings (SSSR count). The van der Waals surface area contributed by atoms with Crippen molar-refractivity contribution in [2.24, 2.45) is 5.92 Å². The van der Waals surface area contributed by atoms with Gasteiger partial charge in [-0.05, 0) is 62.2 Å². The monoisotopic (exact) mass is 312 g/mol. The quantitative estimate of drug-likeness (QED) is 0.923. The number of thiophene rings is 1. The Bertz CT molecular complexity index is 707. The van der Waals surface area contributed by atoms with E-state index < -0.39 is 0 Å². The highest BCUT2D eigenvalue weighted by Crippen LogP contribution is 2.53. The Morgan fingerprint density at radius 2 is 2.00 bits per heavy atom. The lowest BCUT2D eigenvalue weighted by molar-refractivity contribution is -0.00138. The first-order chi connectivity index (χ1) is 10.8. The van der Waals surface area contributed by atoms with Gasteiger partial charge in [0, 0.05) is 10.2 Å². The van der Waals surface area contributed by atoms with Gasteiger partial charge >= 0.3 is 0 Å². The molecule has 2 bridgehead atoms. The van der Waals surface area contributed by atoms with Crippen LogP contribution in [-0.2, 0) is 0 Å². The molecule has 0 radical (unpaired) electrons. The molecule has 4 heterocycles. The number of piperidine rings is 3. The summed E-state index contributed by atoms with van der Waals surface area (Å²) in [7, 11) is 0. The van der Waals surface area contributed by atoms with Crippen molar-refractivity contribution in [2.75, 3.05) is 13.1 Å². The SMILES string of the molecule is O=C(NC1C2CCN(CC2)C12CC2)c1cc2ccccc2s1. The van der Waals surface area contributed by atoms with Crippen LogP contribution in [0.2, 0.25) is 0 Å². The summed E-state index contributed by atoms with van der Waals surface area (Å²) in [6.07, 6.45) is 5.03. The molecule has 1 aliphatic carbocycles. The lowest BCUT2D eigenvalue weighted by atomic mass is 9.77. The van der Waals surface area contributed by atoms with E-state index in [0.29, 0.717) is 17.5 Å². The Hall–Kier alpha value is -1.39. The normalized spacial score (nSPS) is 31.5. The van der Waals surface area contributed by atoms with Gasteiger partial charge < -0.3 is 5.32 Å². The molecular weight excluding hydrogens is 292 g/mol. The summed E-state index contributed by atoms with van der Waals surface area (Å²) < 4.78 is 1.20. The van der Waals surface area contributed by atoms with Crippen molar-refractivity contribution in [3.8, 4) is 0 Å². The van der Waals surface area contributed by atoms with Crippen LogP contribution in [0.25, 0.3) is 10.1 Å². The van der Waals surface area contributed by atoms with E-state index in [-0.39, 0.29) is 5.91 Å². The molecule has 1 saturated carbocycles. The maximum Gasteiger partial charge on any atom is 0.261 e. The second-order valence-electron chi connectivity index (χ2n) is 7.03.